The number of pyridine rings is 2. The van der Waals surface area contributed by atoms with Gasteiger partial charge in [-0.3, -0.25) is 9.97 Å². The van der Waals surface area contributed by atoms with Crippen LogP contribution >= 0.6 is 0 Å². The smallest absolute Gasteiger partial charge is 0.115 e. The second-order valence-corrected chi connectivity index (χ2v) is 10.7. The van der Waals surface area contributed by atoms with Gasteiger partial charge >= 0.3 is 0 Å². The first kappa shape index (κ1) is 21.5. The van der Waals surface area contributed by atoms with Gasteiger partial charge in [0.25, 0.3) is 0 Å². The average Bonchev–Trinajstić information content (AvgIpc) is 3.18. The zero-order chi connectivity index (χ0) is 23.3. The fourth-order valence-electron chi connectivity index (χ4n) is 7.22. The van der Waals surface area contributed by atoms with Gasteiger partial charge in [-0.25, -0.2) is 0 Å². The number of fused-ring (bicyclic) bond motifs is 8. The minimum Gasteiger partial charge on any atom is -0.508 e. The number of hydrogen-bond acceptors (Lipinski definition) is 4. The Morgan fingerprint density at radius 3 is 2.26 bits per heavy atom. The summed E-state index contributed by atoms with van der Waals surface area (Å²) in [5, 5.41) is 22.3. The summed E-state index contributed by atoms with van der Waals surface area (Å²) in [5.41, 5.74) is 4.95. The molecule has 4 nitrogen and oxygen atoms in total. The average molecular weight is 453 g/mol. The Kier molecular flexibility index (Phi) is 5.29. The van der Waals surface area contributed by atoms with Gasteiger partial charge in [0.05, 0.1) is 17.1 Å². The first-order valence-electron chi connectivity index (χ1n) is 12.6. The first-order chi connectivity index (χ1) is 16.5. The molecule has 0 unspecified atom stereocenters. The van der Waals surface area contributed by atoms with Crippen molar-refractivity contribution in [3.8, 4) is 5.75 Å². The van der Waals surface area contributed by atoms with Gasteiger partial charge in [0, 0.05) is 23.2 Å². The second kappa shape index (κ2) is 8.35. The molecule has 5 atom stereocenters. The predicted octanol–water partition coefficient (Wildman–Crippen LogP) is 6.39. The lowest BCUT2D eigenvalue weighted by Crippen LogP contribution is -2.43. The molecule has 2 fully saturated rings. The molecule has 2 aromatic heterocycles. The molecule has 2 aromatic carbocycles. The molecular formula is C30H32N2O2. The molecule has 2 N–H and O–H groups in total. The van der Waals surface area contributed by atoms with Crippen molar-refractivity contribution in [3.63, 3.8) is 0 Å². The van der Waals surface area contributed by atoms with Crippen LogP contribution in [0.15, 0.2) is 67.0 Å². The molecular weight excluding hydrogens is 420 g/mol. The van der Waals surface area contributed by atoms with Gasteiger partial charge in [0.2, 0.25) is 0 Å². The first-order valence-corrected chi connectivity index (χ1v) is 12.6. The van der Waals surface area contributed by atoms with Crippen LogP contribution in [0.3, 0.4) is 0 Å². The summed E-state index contributed by atoms with van der Waals surface area (Å²) >= 11 is 0. The van der Waals surface area contributed by atoms with Gasteiger partial charge in [-0.05, 0) is 97.1 Å². The van der Waals surface area contributed by atoms with Crippen molar-refractivity contribution in [1.82, 2.24) is 9.97 Å². The van der Waals surface area contributed by atoms with Crippen molar-refractivity contribution >= 4 is 21.8 Å². The van der Waals surface area contributed by atoms with Crippen molar-refractivity contribution < 1.29 is 10.2 Å². The summed E-state index contributed by atoms with van der Waals surface area (Å²) in [5.74, 6) is 2.49. The Bertz CT molecular complexity index is 1300. The number of aromatic nitrogens is 2. The summed E-state index contributed by atoms with van der Waals surface area (Å²) in [4.78, 5) is 8.69. The van der Waals surface area contributed by atoms with E-state index in [4.69, 9.17) is 0 Å². The Labute approximate surface area is 200 Å². The van der Waals surface area contributed by atoms with Crippen LogP contribution in [0, 0.1) is 17.3 Å². The molecule has 0 radical (unpaired) electrons. The molecule has 2 saturated carbocycles. The third-order valence-corrected chi connectivity index (χ3v) is 9.00. The van der Waals surface area contributed by atoms with Gasteiger partial charge in [0.1, 0.15) is 5.75 Å². The van der Waals surface area contributed by atoms with Gasteiger partial charge < -0.3 is 10.2 Å². The van der Waals surface area contributed by atoms with Crippen LogP contribution in [0.1, 0.15) is 56.1 Å². The highest BCUT2D eigenvalue weighted by Crippen LogP contribution is 2.60. The van der Waals surface area contributed by atoms with Crippen LogP contribution in [0.5, 0.6) is 5.75 Å². The molecule has 0 saturated heterocycles. The van der Waals surface area contributed by atoms with Crippen molar-refractivity contribution in [2.45, 2.75) is 57.5 Å². The van der Waals surface area contributed by atoms with Gasteiger partial charge in [0.15, 0.2) is 0 Å². The number of phenolic OH excluding ortho intramolecular Hbond substituents is 1. The second-order valence-electron chi connectivity index (χ2n) is 10.7. The summed E-state index contributed by atoms with van der Waals surface area (Å²) in [7, 11) is 0. The highest BCUT2D eigenvalue weighted by molar-refractivity contribution is 6.02. The number of aliphatic hydroxyl groups is 1. The molecule has 4 heteroatoms. The Morgan fingerprint density at radius 2 is 1.56 bits per heavy atom. The van der Waals surface area contributed by atoms with Crippen LogP contribution in [-0.2, 0) is 6.42 Å². The third kappa shape index (κ3) is 3.47. The van der Waals surface area contributed by atoms with E-state index < -0.39 is 0 Å². The normalized spacial score (nSPS) is 29.6. The molecule has 4 aromatic rings. The van der Waals surface area contributed by atoms with Crippen molar-refractivity contribution in [2.75, 3.05) is 0 Å². The van der Waals surface area contributed by atoms with Crippen LogP contribution in [-0.4, -0.2) is 26.3 Å². The topological polar surface area (TPSA) is 66.2 Å². The Hall–Kier alpha value is -2.98. The van der Waals surface area contributed by atoms with Crippen molar-refractivity contribution in [2.24, 2.45) is 17.3 Å². The maximum atomic E-state index is 10.4. The van der Waals surface area contributed by atoms with E-state index in [2.05, 4.69) is 47.2 Å². The minimum absolute atomic E-state index is 0.0883. The molecule has 174 valence electrons. The van der Waals surface area contributed by atoms with Crippen LogP contribution < -0.4 is 0 Å². The van der Waals surface area contributed by atoms with E-state index in [1.165, 1.54) is 30.4 Å². The minimum atomic E-state index is -0.0883. The van der Waals surface area contributed by atoms with E-state index in [0.717, 1.165) is 47.0 Å². The highest BCUT2D eigenvalue weighted by atomic mass is 16.3. The van der Waals surface area contributed by atoms with E-state index in [1.807, 2.05) is 24.3 Å². The van der Waals surface area contributed by atoms with E-state index >= 15 is 0 Å². The van der Waals surface area contributed by atoms with Crippen LogP contribution in [0.25, 0.3) is 21.8 Å². The molecule has 3 aliphatic carbocycles. The zero-order valence-electron chi connectivity index (χ0n) is 19.7. The summed E-state index contributed by atoms with van der Waals surface area (Å²) in [6.45, 7) is 2.32. The lowest BCUT2D eigenvalue weighted by Gasteiger charge is -2.50. The maximum Gasteiger partial charge on any atom is 0.115 e. The van der Waals surface area contributed by atoms with Crippen molar-refractivity contribution in [3.05, 3.63) is 78.1 Å². The van der Waals surface area contributed by atoms with Gasteiger partial charge in [-0.1, -0.05) is 37.3 Å². The number of nitrogens with zero attached hydrogens (tertiary/aromatic N) is 2. The van der Waals surface area contributed by atoms with E-state index in [-0.39, 0.29) is 11.5 Å². The number of aliphatic hydroxyl groups excluding tert-OH is 1. The van der Waals surface area contributed by atoms with E-state index in [9.17, 15) is 10.2 Å². The Morgan fingerprint density at radius 1 is 0.853 bits per heavy atom. The fraction of sp³-hybridized carbons (Fsp3) is 0.400. The number of phenols is 1. The largest absolute Gasteiger partial charge is 0.508 e. The quantitative estimate of drug-likeness (QED) is 0.303. The maximum absolute atomic E-state index is 10.4. The monoisotopic (exact) mass is 452 g/mol. The van der Waals surface area contributed by atoms with Crippen molar-refractivity contribution in [1.29, 1.82) is 0 Å². The van der Waals surface area contributed by atoms with Crippen LogP contribution in [0.2, 0.25) is 0 Å². The molecule has 0 aliphatic heterocycles. The number of aromatic hydroxyl groups is 1. The third-order valence-electron chi connectivity index (χ3n) is 9.00. The molecule has 7 rings (SSSR count). The molecule has 0 amide bonds. The lowest BCUT2D eigenvalue weighted by molar-refractivity contribution is -0.0226. The SMILES string of the molecule is C[C@]12CC[C@@H]3c4ccc(O)cc4CC[C@H]3[C@@H]1CC[C@@H]2O.c1cnc2c(c1)ccc1cccnc12. The Balaban J connectivity index is 0.000000136. The molecule has 0 bridgehead atoms. The molecule has 3 aliphatic rings. The number of hydrogen-bond donors (Lipinski definition) is 2. The summed E-state index contributed by atoms with van der Waals surface area (Å²) < 4.78 is 0. The van der Waals surface area contributed by atoms with E-state index in [0.29, 0.717) is 17.6 Å². The molecule has 34 heavy (non-hydrogen) atoms. The number of aryl methyl sites for hydroxylation is 1. The molecule has 0 spiro atoms. The lowest BCUT2D eigenvalue weighted by atomic mass is 9.55. The fourth-order valence-corrected chi connectivity index (χ4v) is 7.22. The highest BCUT2D eigenvalue weighted by Gasteiger charge is 2.54. The van der Waals surface area contributed by atoms with Gasteiger partial charge in [-0.2, -0.15) is 0 Å². The molecule has 2 heterocycles. The summed E-state index contributed by atoms with van der Waals surface area (Å²) in [6.07, 6.45) is 10.4. The standard InChI is InChI=1S/C18H24O2.C12H8N2/c1-18-9-8-14-13-5-3-12(19)10-11(13)2-4-15(14)16(18)6-7-17(18)20;1-3-9-5-6-10-4-2-8-14-12(10)11(9)13-7-1/h3,5,10,14-17,19-20H,2,4,6-9H2,1H3;1-8H/t14-,15-,16+,17+,18+;/m1./s1. The number of rotatable bonds is 0. The zero-order valence-corrected chi connectivity index (χ0v) is 19.7. The number of benzene rings is 2. The van der Waals surface area contributed by atoms with Crippen LogP contribution in [0.4, 0.5) is 0 Å². The summed E-state index contributed by atoms with van der Waals surface area (Å²) in [6, 6.07) is 18.1. The van der Waals surface area contributed by atoms with E-state index in [1.54, 1.807) is 12.4 Å². The predicted molar refractivity (Wildman–Crippen MR) is 136 cm³/mol. The van der Waals surface area contributed by atoms with Gasteiger partial charge in [-0.15, -0.1) is 0 Å².